The minimum absolute atomic E-state index is 0.237. The number of fused-ring (bicyclic) bond motifs is 1. The van der Waals surface area contributed by atoms with Crippen LogP contribution in [0.15, 0.2) is 30.3 Å². The zero-order valence-corrected chi connectivity index (χ0v) is 13.0. The normalized spacial score (nSPS) is 13.3. The van der Waals surface area contributed by atoms with Crippen molar-refractivity contribution in [3.8, 4) is 5.75 Å². The predicted octanol–water partition coefficient (Wildman–Crippen LogP) is 2.43. The summed E-state index contributed by atoms with van der Waals surface area (Å²) >= 11 is 0. The summed E-state index contributed by atoms with van der Waals surface area (Å²) in [4.78, 5) is 18.2. The molecule has 0 N–H and O–H groups in total. The van der Waals surface area contributed by atoms with Crippen LogP contribution in [0.5, 0.6) is 5.75 Å². The number of hydrogen-bond donors (Lipinski definition) is 0. The Morgan fingerprint density at radius 1 is 1.39 bits per heavy atom. The summed E-state index contributed by atoms with van der Waals surface area (Å²) in [7, 11) is 3.22. The maximum atomic E-state index is 13.1. The number of benzene rings is 1. The number of pyridine rings is 1. The molecule has 0 spiro atoms. The zero-order chi connectivity index (χ0) is 16.4. The molecule has 0 unspecified atom stereocenters. The summed E-state index contributed by atoms with van der Waals surface area (Å²) < 4.78 is 23.6. The molecule has 23 heavy (non-hydrogen) atoms. The quantitative estimate of drug-likeness (QED) is 0.814. The number of carbonyl (C=O) groups is 1. The summed E-state index contributed by atoms with van der Waals surface area (Å²) in [6, 6.07) is 7.93. The second-order valence-electron chi connectivity index (χ2n) is 5.38. The van der Waals surface area contributed by atoms with Gasteiger partial charge in [0, 0.05) is 19.0 Å². The van der Waals surface area contributed by atoms with E-state index in [1.807, 2.05) is 11.9 Å². The number of anilines is 1. The van der Waals surface area contributed by atoms with E-state index < -0.39 is 5.97 Å². The van der Waals surface area contributed by atoms with E-state index in [0.29, 0.717) is 31.1 Å². The first kappa shape index (κ1) is 15.3. The van der Waals surface area contributed by atoms with E-state index in [1.54, 1.807) is 18.2 Å². The van der Waals surface area contributed by atoms with Gasteiger partial charge in [0.1, 0.15) is 12.4 Å². The Bertz CT molecular complexity index is 731. The van der Waals surface area contributed by atoms with Crippen LogP contribution in [0.2, 0.25) is 0 Å². The number of likely N-dealkylation sites (N-methyl/N-ethyl adjacent to an activating group) is 1. The Balaban J connectivity index is 2.04. The fraction of sp³-hybridized carbons (Fsp3) is 0.294. The lowest BCUT2D eigenvalue weighted by atomic mass is 10.0. The highest BCUT2D eigenvalue weighted by atomic mass is 19.1. The molecule has 2 aromatic rings. The minimum atomic E-state index is -0.493. The number of carbonyl (C=O) groups excluding carboxylic acids is 1. The Kier molecular flexibility index (Phi) is 4.14. The second kappa shape index (κ2) is 6.24. The van der Waals surface area contributed by atoms with Crippen LogP contribution in [0.25, 0.3) is 0 Å². The van der Waals surface area contributed by atoms with Crippen molar-refractivity contribution in [1.82, 2.24) is 4.98 Å². The Hall–Kier alpha value is -2.63. The van der Waals surface area contributed by atoms with Crippen LogP contribution in [-0.2, 0) is 11.2 Å². The highest BCUT2D eigenvalue weighted by molar-refractivity contribution is 5.88. The van der Waals surface area contributed by atoms with Crippen molar-refractivity contribution in [3.63, 3.8) is 0 Å². The molecular formula is C17H17FN2O3. The Morgan fingerprint density at radius 3 is 2.83 bits per heavy atom. The first-order valence-corrected chi connectivity index (χ1v) is 7.29. The van der Waals surface area contributed by atoms with Gasteiger partial charge in [-0.15, -0.1) is 0 Å². The van der Waals surface area contributed by atoms with Gasteiger partial charge < -0.3 is 14.4 Å². The van der Waals surface area contributed by atoms with E-state index in [1.165, 1.54) is 19.2 Å². The lowest BCUT2D eigenvalue weighted by Crippen LogP contribution is -2.31. The lowest BCUT2D eigenvalue weighted by Gasteiger charge is -2.28. The molecule has 1 aromatic heterocycles. The average Bonchev–Trinajstić information content (AvgIpc) is 2.57. The summed E-state index contributed by atoms with van der Waals surface area (Å²) in [6.45, 7) is 1.25. The fourth-order valence-corrected chi connectivity index (χ4v) is 2.54. The number of nitrogens with zero attached hydrogens (tertiary/aromatic N) is 2. The molecule has 2 heterocycles. The predicted molar refractivity (Wildman–Crippen MR) is 83.5 cm³/mol. The van der Waals surface area contributed by atoms with Gasteiger partial charge >= 0.3 is 5.97 Å². The number of halogens is 1. The maximum Gasteiger partial charge on any atom is 0.356 e. The molecule has 0 fully saturated rings. The van der Waals surface area contributed by atoms with Crippen LogP contribution < -0.4 is 9.64 Å². The summed E-state index contributed by atoms with van der Waals surface area (Å²) in [5.74, 6) is 0.510. The zero-order valence-electron chi connectivity index (χ0n) is 13.0. The molecule has 0 amide bonds. The van der Waals surface area contributed by atoms with Gasteiger partial charge in [0.15, 0.2) is 17.3 Å². The average molecular weight is 316 g/mol. The first-order chi connectivity index (χ1) is 11.1. The molecule has 6 heteroatoms. The van der Waals surface area contributed by atoms with Crippen molar-refractivity contribution in [2.45, 2.75) is 6.42 Å². The highest BCUT2D eigenvalue weighted by Crippen LogP contribution is 2.34. The van der Waals surface area contributed by atoms with Gasteiger partial charge in [-0.05, 0) is 23.8 Å². The Labute approximate surface area is 133 Å². The second-order valence-corrected chi connectivity index (χ2v) is 5.38. The summed E-state index contributed by atoms with van der Waals surface area (Å²) in [5.41, 5.74) is 1.99. The lowest BCUT2D eigenvalue weighted by molar-refractivity contribution is 0.0594. The fourth-order valence-electron chi connectivity index (χ4n) is 2.54. The van der Waals surface area contributed by atoms with Gasteiger partial charge in [-0.1, -0.05) is 12.1 Å². The molecule has 3 rings (SSSR count). The highest BCUT2D eigenvalue weighted by Gasteiger charge is 2.23. The molecule has 0 saturated carbocycles. The standard InChI is InChI=1S/C17H17FN2O3/c1-20-7-8-23-15-12(9-11-3-5-13(18)6-4-11)10-14(17(21)22-2)19-16(15)20/h3-6,10H,7-9H2,1-2H3. The molecule has 0 atom stereocenters. The number of methoxy groups -OCH3 is 1. The number of aromatic nitrogens is 1. The van der Waals surface area contributed by atoms with E-state index in [-0.39, 0.29) is 11.5 Å². The molecule has 5 nitrogen and oxygen atoms in total. The van der Waals surface area contributed by atoms with Crippen LogP contribution in [0.4, 0.5) is 10.2 Å². The summed E-state index contributed by atoms with van der Waals surface area (Å²) in [6.07, 6.45) is 0.517. The Morgan fingerprint density at radius 2 is 2.13 bits per heavy atom. The third kappa shape index (κ3) is 3.11. The van der Waals surface area contributed by atoms with Crippen LogP contribution in [0.1, 0.15) is 21.6 Å². The SMILES string of the molecule is COC(=O)c1cc(Cc2ccc(F)cc2)c2c(n1)N(C)CCO2. The third-order valence-electron chi connectivity index (χ3n) is 3.77. The van der Waals surface area contributed by atoms with Gasteiger partial charge in [-0.3, -0.25) is 0 Å². The molecular weight excluding hydrogens is 299 g/mol. The molecule has 0 bridgehead atoms. The molecule has 120 valence electrons. The van der Waals surface area contributed by atoms with E-state index in [9.17, 15) is 9.18 Å². The first-order valence-electron chi connectivity index (χ1n) is 7.29. The van der Waals surface area contributed by atoms with Gasteiger partial charge in [0.05, 0.1) is 13.7 Å². The molecule has 1 aliphatic rings. The van der Waals surface area contributed by atoms with Crippen molar-refractivity contribution < 1.29 is 18.7 Å². The van der Waals surface area contributed by atoms with Crippen molar-refractivity contribution in [2.24, 2.45) is 0 Å². The van der Waals surface area contributed by atoms with Crippen LogP contribution >= 0.6 is 0 Å². The molecule has 0 radical (unpaired) electrons. The van der Waals surface area contributed by atoms with E-state index >= 15 is 0 Å². The third-order valence-corrected chi connectivity index (χ3v) is 3.77. The van der Waals surface area contributed by atoms with Crippen LogP contribution in [0, 0.1) is 5.82 Å². The number of rotatable bonds is 3. The van der Waals surface area contributed by atoms with E-state index in [4.69, 9.17) is 9.47 Å². The van der Waals surface area contributed by atoms with Gasteiger partial charge in [0.2, 0.25) is 0 Å². The number of hydrogen-bond acceptors (Lipinski definition) is 5. The van der Waals surface area contributed by atoms with Gasteiger partial charge in [-0.25, -0.2) is 14.2 Å². The number of ether oxygens (including phenoxy) is 2. The van der Waals surface area contributed by atoms with Crippen LogP contribution in [-0.4, -0.2) is 38.3 Å². The van der Waals surface area contributed by atoms with Gasteiger partial charge in [-0.2, -0.15) is 0 Å². The minimum Gasteiger partial charge on any atom is -0.488 e. The van der Waals surface area contributed by atoms with Crippen LogP contribution in [0.3, 0.4) is 0 Å². The van der Waals surface area contributed by atoms with Crippen molar-refractivity contribution >= 4 is 11.8 Å². The van der Waals surface area contributed by atoms with Crippen molar-refractivity contribution in [3.05, 3.63) is 53.0 Å². The number of esters is 1. The largest absolute Gasteiger partial charge is 0.488 e. The van der Waals surface area contributed by atoms with Gasteiger partial charge in [0.25, 0.3) is 0 Å². The molecule has 1 aromatic carbocycles. The molecule has 0 aliphatic carbocycles. The van der Waals surface area contributed by atoms with Crippen molar-refractivity contribution in [2.75, 3.05) is 32.2 Å². The summed E-state index contributed by atoms with van der Waals surface area (Å²) in [5, 5.41) is 0. The van der Waals surface area contributed by atoms with Crippen molar-refractivity contribution in [1.29, 1.82) is 0 Å². The maximum absolute atomic E-state index is 13.1. The molecule has 1 aliphatic heterocycles. The van der Waals surface area contributed by atoms with E-state index in [0.717, 1.165) is 11.1 Å². The monoisotopic (exact) mass is 316 g/mol. The topological polar surface area (TPSA) is 51.7 Å². The smallest absolute Gasteiger partial charge is 0.356 e. The van der Waals surface area contributed by atoms with E-state index in [2.05, 4.69) is 4.98 Å². The molecule has 0 saturated heterocycles.